The molecule has 2 N–H and O–H groups in total. The molecule has 1 heterocycles. The number of ether oxygens (including phenoxy) is 1. The standard InChI is InChI=1S/C18H25N5O2/c1-18(2,3)12-7-9-13(10-8-12)20-16(24)21-14-11-19-17(25-6)22-15(14)23(4)5/h7-11H,1-6H3,(H2,20,21,24). The highest BCUT2D eigenvalue weighted by atomic mass is 16.5. The molecule has 0 aliphatic carbocycles. The largest absolute Gasteiger partial charge is 0.467 e. The number of anilines is 3. The van der Waals surface area contributed by atoms with Crippen LogP contribution in [0.2, 0.25) is 0 Å². The van der Waals surface area contributed by atoms with E-state index in [1.165, 1.54) is 18.9 Å². The molecule has 7 heteroatoms. The van der Waals surface area contributed by atoms with E-state index in [1.807, 2.05) is 38.4 Å². The summed E-state index contributed by atoms with van der Waals surface area (Å²) in [4.78, 5) is 22.3. The van der Waals surface area contributed by atoms with Gasteiger partial charge in [0.05, 0.1) is 13.3 Å². The van der Waals surface area contributed by atoms with Crippen LogP contribution in [0.5, 0.6) is 6.01 Å². The molecule has 7 nitrogen and oxygen atoms in total. The molecule has 2 amide bonds. The van der Waals surface area contributed by atoms with Crippen molar-refractivity contribution < 1.29 is 9.53 Å². The Hall–Kier alpha value is -2.83. The summed E-state index contributed by atoms with van der Waals surface area (Å²) in [5.41, 5.74) is 2.49. The Labute approximate surface area is 148 Å². The lowest BCUT2D eigenvalue weighted by Gasteiger charge is -2.19. The fourth-order valence-corrected chi connectivity index (χ4v) is 2.22. The van der Waals surface area contributed by atoms with Gasteiger partial charge in [0, 0.05) is 19.8 Å². The van der Waals surface area contributed by atoms with E-state index in [4.69, 9.17) is 4.74 Å². The number of urea groups is 1. The zero-order chi connectivity index (χ0) is 18.6. The van der Waals surface area contributed by atoms with Crippen LogP contribution in [0.25, 0.3) is 0 Å². The molecule has 2 aromatic rings. The second kappa shape index (κ2) is 7.38. The fourth-order valence-electron chi connectivity index (χ4n) is 2.22. The highest BCUT2D eigenvalue weighted by Crippen LogP contribution is 2.25. The normalized spacial score (nSPS) is 11.0. The number of benzene rings is 1. The maximum absolute atomic E-state index is 12.3. The smallest absolute Gasteiger partial charge is 0.323 e. The first kappa shape index (κ1) is 18.5. The summed E-state index contributed by atoms with van der Waals surface area (Å²) in [6.07, 6.45) is 1.52. The minimum absolute atomic E-state index is 0.0713. The number of aromatic nitrogens is 2. The van der Waals surface area contributed by atoms with Crippen LogP contribution in [0.15, 0.2) is 30.5 Å². The highest BCUT2D eigenvalue weighted by molar-refractivity contribution is 6.01. The second-order valence-corrected chi connectivity index (χ2v) is 6.89. The average Bonchev–Trinajstić information content (AvgIpc) is 2.54. The van der Waals surface area contributed by atoms with E-state index in [0.717, 1.165) is 0 Å². The van der Waals surface area contributed by atoms with E-state index in [9.17, 15) is 4.79 Å². The maximum Gasteiger partial charge on any atom is 0.323 e. The zero-order valence-corrected chi connectivity index (χ0v) is 15.5. The van der Waals surface area contributed by atoms with Crippen LogP contribution in [0.3, 0.4) is 0 Å². The van der Waals surface area contributed by atoms with Crippen LogP contribution < -0.4 is 20.3 Å². The van der Waals surface area contributed by atoms with Gasteiger partial charge in [0.2, 0.25) is 0 Å². The van der Waals surface area contributed by atoms with E-state index >= 15 is 0 Å². The molecule has 0 atom stereocenters. The van der Waals surface area contributed by atoms with Crippen molar-refractivity contribution in [2.75, 3.05) is 36.7 Å². The Morgan fingerprint density at radius 3 is 2.28 bits per heavy atom. The number of hydrogen-bond acceptors (Lipinski definition) is 5. The lowest BCUT2D eigenvalue weighted by molar-refractivity contribution is 0.262. The van der Waals surface area contributed by atoms with Gasteiger partial charge in [-0.05, 0) is 23.1 Å². The summed E-state index contributed by atoms with van der Waals surface area (Å²) in [5, 5.41) is 5.57. The third-order valence-electron chi connectivity index (χ3n) is 3.61. The van der Waals surface area contributed by atoms with E-state index in [-0.39, 0.29) is 17.5 Å². The third kappa shape index (κ3) is 4.82. The van der Waals surface area contributed by atoms with Crippen molar-refractivity contribution in [2.24, 2.45) is 0 Å². The second-order valence-electron chi connectivity index (χ2n) is 6.89. The molecule has 0 bridgehead atoms. The quantitative estimate of drug-likeness (QED) is 0.888. The van der Waals surface area contributed by atoms with E-state index in [1.54, 1.807) is 4.90 Å². The SMILES string of the molecule is COc1ncc(NC(=O)Nc2ccc(C(C)(C)C)cc2)c(N(C)C)n1. The molecule has 0 fully saturated rings. The van der Waals surface area contributed by atoms with Gasteiger partial charge in [0.15, 0.2) is 5.82 Å². The lowest BCUT2D eigenvalue weighted by Crippen LogP contribution is -2.22. The van der Waals surface area contributed by atoms with Gasteiger partial charge in [-0.25, -0.2) is 9.78 Å². The van der Waals surface area contributed by atoms with Crippen molar-refractivity contribution in [2.45, 2.75) is 26.2 Å². The van der Waals surface area contributed by atoms with Crippen molar-refractivity contribution in [3.8, 4) is 6.01 Å². The molecule has 1 aromatic heterocycles. The summed E-state index contributed by atoms with van der Waals surface area (Å²) in [6.45, 7) is 6.44. The summed E-state index contributed by atoms with van der Waals surface area (Å²) in [6, 6.07) is 7.68. The molecule has 25 heavy (non-hydrogen) atoms. The molecule has 0 spiro atoms. The predicted molar refractivity (Wildman–Crippen MR) is 101 cm³/mol. The Morgan fingerprint density at radius 2 is 1.76 bits per heavy atom. The van der Waals surface area contributed by atoms with Crippen molar-refractivity contribution >= 4 is 23.2 Å². The average molecular weight is 343 g/mol. The maximum atomic E-state index is 12.3. The lowest BCUT2D eigenvalue weighted by atomic mass is 9.87. The van der Waals surface area contributed by atoms with Gasteiger partial charge in [0.25, 0.3) is 0 Å². The number of methoxy groups -OCH3 is 1. The molecule has 0 saturated heterocycles. The predicted octanol–water partition coefficient (Wildman–Crippen LogP) is 3.49. The summed E-state index contributed by atoms with van der Waals surface area (Å²) >= 11 is 0. The van der Waals surface area contributed by atoms with Gasteiger partial charge in [-0.15, -0.1) is 0 Å². The van der Waals surface area contributed by atoms with Crippen molar-refractivity contribution in [1.29, 1.82) is 0 Å². The van der Waals surface area contributed by atoms with Gasteiger partial charge in [0.1, 0.15) is 5.69 Å². The Bertz CT molecular complexity index is 736. The third-order valence-corrected chi connectivity index (χ3v) is 3.61. The first-order valence-corrected chi connectivity index (χ1v) is 7.97. The van der Waals surface area contributed by atoms with Gasteiger partial charge in [-0.3, -0.25) is 0 Å². The zero-order valence-electron chi connectivity index (χ0n) is 15.5. The number of carbonyl (C=O) groups excluding carboxylic acids is 1. The number of nitrogens with zero attached hydrogens (tertiary/aromatic N) is 3. The molecular formula is C18H25N5O2. The number of carbonyl (C=O) groups is 1. The molecule has 0 saturated carbocycles. The monoisotopic (exact) mass is 343 g/mol. The summed E-state index contributed by atoms with van der Waals surface area (Å²) in [7, 11) is 5.15. The first-order chi connectivity index (χ1) is 11.7. The van der Waals surface area contributed by atoms with E-state index < -0.39 is 0 Å². The molecule has 2 rings (SSSR count). The van der Waals surface area contributed by atoms with Crippen LogP contribution in [0, 0.1) is 0 Å². The van der Waals surface area contributed by atoms with Crippen molar-refractivity contribution in [1.82, 2.24) is 9.97 Å². The van der Waals surface area contributed by atoms with Crippen LogP contribution in [0.1, 0.15) is 26.3 Å². The van der Waals surface area contributed by atoms with Crippen LogP contribution in [-0.2, 0) is 5.41 Å². The minimum Gasteiger partial charge on any atom is -0.467 e. The molecule has 0 unspecified atom stereocenters. The number of amides is 2. The molecular weight excluding hydrogens is 318 g/mol. The number of nitrogens with one attached hydrogen (secondary N) is 2. The van der Waals surface area contributed by atoms with Gasteiger partial charge in [-0.1, -0.05) is 32.9 Å². The summed E-state index contributed by atoms with van der Waals surface area (Å²) in [5.74, 6) is 0.560. The van der Waals surface area contributed by atoms with Gasteiger partial charge in [-0.2, -0.15) is 4.98 Å². The molecule has 1 aromatic carbocycles. The number of rotatable bonds is 4. The summed E-state index contributed by atoms with van der Waals surface area (Å²) < 4.78 is 5.02. The van der Waals surface area contributed by atoms with Crippen LogP contribution in [-0.4, -0.2) is 37.2 Å². The molecule has 0 aliphatic heterocycles. The minimum atomic E-state index is -0.361. The van der Waals surface area contributed by atoms with Crippen molar-refractivity contribution in [3.63, 3.8) is 0 Å². The van der Waals surface area contributed by atoms with Crippen molar-refractivity contribution in [3.05, 3.63) is 36.0 Å². The highest BCUT2D eigenvalue weighted by Gasteiger charge is 2.15. The topological polar surface area (TPSA) is 79.4 Å². The molecule has 0 radical (unpaired) electrons. The Balaban J connectivity index is 2.10. The van der Waals surface area contributed by atoms with Crippen LogP contribution in [0.4, 0.5) is 22.0 Å². The van der Waals surface area contributed by atoms with Gasteiger partial charge >= 0.3 is 12.0 Å². The Kier molecular flexibility index (Phi) is 5.46. The van der Waals surface area contributed by atoms with Crippen LogP contribution >= 0.6 is 0 Å². The fraction of sp³-hybridized carbons (Fsp3) is 0.389. The molecule has 134 valence electrons. The Morgan fingerprint density at radius 1 is 1.12 bits per heavy atom. The number of hydrogen-bond donors (Lipinski definition) is 2. The van der Waals surface area contributed by atoms with E-state index in [0.29, 0.717) is 17.2 Å². The van der Waals surface area contributed by atoms with Gasteiger partial charge < -0.3 is 20.3 Å². The first-order valence-electron chi connectivity index (χ1n) is 7.97. The van der Waals surface area contributed by atoms with E-state index in [2.05, 4.69) is 41.4 Å². The molecule has 0 aliphatic rings.